The number of anilines is 1. The summed E-state index contributed by atoms with van der Waals surface area (Å²) >= 11 is 0. The van der Waals surface area contributed by atoms with E-state index in [-0.39, 0.29) is 6.42 Å². The van der Waals surface area contributed by atoms with Crippen LogP contribution in [0.5, 0.6) is 0 Å². The van der Waals surface area contributed by atoms with E-state index in [0.717, 1.165) is 23.2 Å². The van der Waals surface area contributed by atoms with Crippen molar-refractivity contribution in [2.45, 2.75) is 12.8 Å². The lowest BCUT2D eigenvalue weighted by atomic mass is 10.0. The third-order valence-electron chi connectivity index (χ3n) is 2.77. The molecule has 0 spiro atoms. The van der Waals surface area contributed by atoms with Gasteiger partial charge in [0.1, 0.15) is 0 Å². The molecule has 3 N–H and O–H groups in total. The number of carboxylic acid groups (broad SMARTS) is 1. The summed E-state index contributed by atoms with van der Waals surface area (Å²) in [7, 11) is 0. The topological polar surface area (TPSA) is 63.3 Å². The van der Waals surface area contributed by atoms with Crippen LogP contribution in [0.2, 0.25) is 0 Å². The largest absolute Gasteiger partial charge is 0.481 e. The third-order valence-corrected chi connectivity index (χ3v) is 2.77. The quantitative estimate of drug-likeness (QED) is 0.808. The van der Waals surface area contributed by atoms with Crippen LogP contribution in [0.3, 0.4) is 0 Å². The molecule has 2 rings (SSSR count). The maximum Gasteiger partial charge on any atom is 0.307 e. The first kappa shape index (κ1) is 12.2. The minimum atomic E-state index is -0.804. The van der Waals surface area contributed by atoms with E-state index in [1.165, 1.54) is 5.56 Å². The molecule has 0 atom stereocenters. The van der Waals surface area contributed by atoms with Crippen molar-refractivity contribution in [1.29, 1.82) is 0 Å². The van der Waals surface area contributed by atoms with Crippen LogP contribution in [-0.2, 0) is 17.6 Å². The number of aliphatic carboxylic acids is 1. The van der Waals surface area contributed by atoms with Gasteiger partial charge in [0, 0.05) is 5.69 Å². The first-order valence-corrected chi connectivity index (χ1v) is 5.77. The van der Waals surface area contributed by atoms with Crippen molar-refractivity contribution in [1.82, 2.24) is 0 Å². The van der Waals surface area contributed by atoms with Gasteiger partial charge in [-0.3, -0.25) is 4.79 Å². The number of rotatable bonds is 4. The van der Waals surface area contributed by atoms with Gasteiger partial charge in [-0.1, -0.05) is 36.4 Å². The zero-order valence-electron chi connectivity index (χ0n) is 9.97. The molecular weight excluding hydrogens is 226 g/mol. The number of benzene rings is 2. The van der Waals surface area contributed by atoms with E-state index >= 15 is 0 Å². The number of nitrogen functional groups attached to an aromatic ring is 1. The monoisotopic (exact) mass is 241 g/mol. The molecule has 0 aliphatic heterocycles. The van der Waals surface area contributed by atoms with E-state index < -0.39 is 5.97 Å². The number of carbonyl (C=O) groups is 1. The van der Waals surface area contributed by atoms with E-state index in [0.29, 0.717) is 0 Å². The fraction of sp³-hybridized carbons (Fsp3) is 0.133. The molecule has 2 aromatic rings. The lowest BCUT2D eigenvalue weighted by Crippen LogP contribution is -2.00. The van der Waals surface area contributed by atoms with Gasteiger partial charge in [0.25, 0.3) is 0 Å². The second-order valence-electron chi connectivity index (χ2n) is 4.31. The number of nitrogens with two attached hydrogens (primary N) is 1. The maximum atomic E-state index is 10.6. The Morgan fingerprint density at radius 2 is 1.33 bits per heavy atom. The molecule has 2 aromatic carbocycles. The van der Waals surface area contributed by atoms with Crippen LogP contribution in [0.1, 0.15) is 16.7 Å². The highest BCUT2D eigenvalue weighted by molar-refractivity contribution is 5.70. The fourth-order valence-electron chi connectivity index (χ4n) is 1.82. The molecule has 3 nitrogen and oxygen atoms in total. The SMILES string of the molecule is Nc1ccc(Cc2ccc(CC(=O)O)cc2)cc1. The molecule has 0 saturated carbocycles. The molecule has 0 bridgehead atoms. The van der Waals surface area contributed by atoms with Crippen LogP contribution in [0.4, 0.5) is 5.69 Å². The van der Waals surface area contributed by atoms with Crippen LogP contribution < -0.4 is 5.73 Å². The molecule has 3 heteroatoms. The lowest BCUT2D eigenvalue weighted by molar-refractivity contribution is -0.136. The van der Waals surface area contributed by atoms with E-state index in [2.05, 4.69) is 0 Å². The molecule has 0 fully saturated rings. The molecule has 0 unspecified atom stereocenters. The minimum absolute atomic E-state index is 0.0716. The summed E-state index contributed by atoms with van der Waals surface area (Å²) in [6.07, 6.45) is 0.899. The molecule has 0 saturated heterocycles. The fourth-order valence-corrected chi connectivity index (χ4v) is 1.82. The van der Waals surface area contributed by atoms with E-state index in [9.17, 15) is 4.79 Å². The van der Waals surface area contributed by atoms with Crippen molar-refractivity contribution >= 4 is 11.7 Å². The van der Waals surface area contributed by atoms with Gasteiger partial charge in [-0.15, -0.1) is 0 Å². The Hall–Kier alpha value is -2.29. The van der Waals surface area contributed by atoms with Crippen molar-refractivity contribution < 1.29 is 9.90 Å². The second-order valence-corrected chi connectivity index (χ2v) is 4.31. The first-order valence-electron chi connectivity index (χ1n) is 5.77. The molecule has 18 heavy (non-hydrogen) atoms. The Labute approximate surface area is 106 Å². The summed E-state index contributed by atoms with van der Waals surface area (Å²) < 4.78 is 0. The minimum Gasteiger partial charge on any atom is -0.481 e. The second kappa shape index (κ2) is 5.36. The van der Waals surface area contributed by atoms with Crippen LogP contribution in [-0.4, -0.2) is 11.1 Å². The summed E-state index contributed by atoms with van der Waals surface area (Å²) in [5, 5.41) is 8.69. The highest BCUT2D eigenvalue weighted by Gasteiger charge is 2.01. The Morgan fingerprint density at radius 3 is 1.83 bits per heavy atom. The maximum absolute atomic E-state index is 10.6. The number of hydrogen-bond acceptors (Lipinski definition) is 2. The summed E-state index contributed by atoms with van der Waals surface area (Å²) in [5.41, 5.74) is 9.56. The van der Waals surface area contributed by atoms with E-state index in [1.54, 1.807) is 0 Å². The highest BCUT2D eigenvalue weighted by atomic mass is 16.4. The van der Waals surface area contributed by atoms with Gasteiger partial charge < -0.3 is 10.8 Å². The van der Waals surface area contributed by atoms with Gasteiger partial charge >= 0.3 is 5.97 Å². The molecule has 0 aliphatic rings. The zero-order valence-corrected chi connectivity index (χ0v) is 9.97. The molecule has 0 amide bonds. The smallest absolute Gasteiger partial charge is 0.307 e. The van der Waals surface area contributed by atoms with Crippen molar-refractivity contribution in [2.24, 2.45) is 0 Å². The summed E-state index contributed by atoms with van der Waals surface area (Å²) in [5.74, 6) is -0.804. The predicted octanol–water partition coefficient (Wildman–Crippen LogP) is 2.49. The number of hydrogen-bond donors (Lipinski definition) is 2. The van der Waals surface area contributed by atoms with Crippen molar-refractivity contribution in [3.05, 3.63) is 65.2 Å². The Balaban J connectivity index is 2.06. The first-order chi connectivity index (χ1) is 8.63. The Morgan fingerprint density at radius 1 is 0.889 bits per heavy atom. The highest BCUT2D eigenvalue weighted by Crippen LogP contribution is 2.13. The van der Waals surface area contributed by atoms with E-state index in [4.69, 9.17) is 10.8 Å². The zero-order chi connectivity index (χ0) is 13.0. The van der Waals surface area contributed by atoms with Gasteiger partial charge in [-0.2, -0.15) is 0 Å². The normalized spacial score (nSPS) is 10.2. The van der Waals surface area contributed by atoms with Crippen molar-refractivity contribution in [3.8, 4) is 0 Å². The molecule has 0 radical (unpaired) electrons. The molecule has 92 valence electrons. The summed E-state index contributed by atoms with van der Waals surface area (Å²) in [6, 6.07) is 15.4. The molecule has 0 heterocycles. The molecule has 0 aromatic heterocycles. The van der Waals surface area contributed by atoms with Crippen LogP contribution in [0, 0.1) is 0 Å². The van der Waals surface area contributed by atoms with Gasteiger partial charge in [-0.25, -0.2) is 0 Å². The van der Waals surface area contributed by atoms with Crippen molar-refractivity contribution in [2.75, 3.05) is 5.73 Å². The van der Waals surface area contributed by atoms with Gasteiger partial charge in [0.2, 0.25) is 0 Å². The molecule has 0 aliphatic carbocycles. The summed E-state index contributed by atoms with van der Waals surface area (Å²) in [6.45, 7) is 0. The van der Waals surface area contributed by atoms with Gasteiger partial charge in [0.05, 0.1) is 6.42 Å². The summed E-state index contributed by atoms with van der Waals surface area (Å²) in [4.78, 5) is 10.6. The Bertz CT molecular complexity index is 529. The van der Waals surface area contributed by atoms with Crippen LogP contribution in [0.15, 0.2) is 48.5 Å². The van der Waals surface area contributed by atoms with E-state index in [1.807, 2.05) is 48.5 Å². The molecular formula is C15H15NO2. The standard InChI is InChI=1S/C15H15NO2/c16-14-7-5-12(6-8-14)9-11-1-3-13(4-2-11)10-15(17)18/h1-8H,9-10,16H2,(H,17,18). The average molecular weight is 241 g/mol. The third kappa shape index (κ3) is 3.35. The van der Waals surface area contributed by atoms with Gasteiger partial charge in [-0.05, 0) is 35.2 Å². The van der Waals surface area contributed by atoms with Gasteiger partial charge in [0.15, 0.2) is 0 Å². The number of carboxylic acids is 1. The lowest BCUT2D eigenvalue weighted by Gasteiger charge is -2.04. The predicted molar refractivity (Wildman–Crippen MR) is 71.4 cm³/mol. The van der Waals surface area contributed by atoms with Crippen LogP contribution >= 0.6 is 0 Å². The van der Waals surface area contributed by atoms with Crippen LogP contribution in [0.25, 0.3) is 0 Å². The average Bonchev–Trinajstić information content (AvgIpc) is 2.34. The van der Waals surface area contributed by atoms with Crippen molar-refractivity contribution in [3.63, 3.8) is 0 Å². The Kier molecular flexibility index (Phi) is 3.63.